The first kappa shape index (κ1) is 16.6. The van der Waals surface area contributed by atoms with E-state index in [1.807, 2.05) is 31.2 Å². The van der Waals surface area contributed by atoms with Gasteiger partial charge in [-0.2, -0.15) is 0 Å². The number of carbonyl (C=O) groups excluding carboxylic acids is 1. The highest BCUT2D eigenvalue weighted by atomic mass is 35.5. The van der Waals surface area contributed by atoms with Gasteiger partial charge in [-0.1, -0.05) is 11.6 Å². The number of thioether (sulfide) groups is 1. The zero-order valence-electron chi connectivity index (χ0n) is 12.0. The molecule has 1 heterocycles. The molecule has 0 radical (unpaired) electrons. The average Bonchev–Trinajstić information content (AvgIpc) is 2.79. The monoisotopic (exact) mass is 329 g/mol. The molecule has 1 aromatic rings. The highest BCUT2D eigenvalue weighted by Gasteiger charge is 2.39. The fourth-order valence-corrected chi connectivity index (χ4v) is 3.11. The molecule has 1 saturated heterocycles. The van der Waals surface area contributed by atoms with Gasteiger partial charge in [0, 0.05) is 41.7 Å². The number of nitrogens with one attached hydrogen (secondary N) is 1. The first-order valence-electron chi connectivity index (χ1n) is 6.99. The van der Waals surface area contributed by atoms with Gasteiger partial charge in [0.15, 0.2) is 0 Å². The second-order valence-electron chi connectivity index (χ2n) is 5.20. The van der Waals surface area contributed by atoms with Crippen molar-refractivity contribution in [3.8, 4) is 0 Å². The standard InChI is InChI=1S/C15H20ClNO3S/c1-11-15(19,7-8-20-11)10-17-14(18)6-9-21-13-4-2-12(16)3-5-13/h2-5,11,19H,6-10H2,1H3,(H,17,18). The Kier molecular flexibility index (Phi) is 5.93. The first-order valence-corrected chi connectivity index (χ1v) is 8.35. The quantitative estimate of drug-likeness (QED) is 0.787. The Bertz CT molecular complexity index is 482. The van der Waals surface area contributed by atoms with Crippen molar-refractivity contribution in [2.75, 3.05) is 18.9 Å². The van der Waals surface area contributed by atoms with Crippen LogP contribution in [0.1, 0.15) is 19.8 Å². The van der Waals surface area contributed by atoms with Crippen LogP contribution in [-0.4, -0.2) is 41.6 Å². The van der Waals surface area contributed by atoms with E-state index in [9.17, 15) is 9.90 Å². The van der Waals surface area contributed by atoms with Crippen LogP contribution >= 0.6 is 23.4 Å². The van der Waals surface area contributed by atoms with Gasteiger partial charge in [0.05, 0.1) is 6.10 Å². The van der Waals surface area contributed by atoms with Crippen LogP contribution < -0.4 is 5.32 Å². The van der Waals surface area contributed by atoms with E-state index in [1.165, 1.54) is 0 Å². The van der Waals surface area contributed by atoms with Gasteiger partial charge >= 0.3 is 0 Å². The molecule has 2 N–H and O–H groups in total. The number of halogens is 1. The van der Waals surface area contributed by atoms with Crippen molar-refractivity contribution < 1.29 is 14.6 Å². The Morgan fingerprint density at radius 2 is 2.24 bits per heavy atom. The Balaban J connectivity index is 1.67. The molecule has 1 fully saturated rings. The molecule has 1 aromatic carbocycles. The second kappa shape index (κ2) is 7.49. The van der Waals surface area contributed by atoms with Gasteiger partial charge in [-0.15, -0.1) is 11.8 Å². The van der Waals surface area contributed by atoms with E-state index >= 15 is 0 Å². The summed E-state index contributed by atoms with van der Waals surface area (Å²) in [7, 11) is 0. The molecule has 2 rings (SSSR count). The average molecular weight is 330 g/mol. The topological polar surface area (TPSA) is 58.6 Å². The van der Waals surface area contributed by atoms with E-state index in [0.29, 0.717) is 30.2 Å². The molecule has 0 spiro atoms. The minimum Gasteiger partial charge on any atom is -0.385 e. The molecule has 2 unspecified atom stereocenters. The molecule has 0 aliphatic carbocycles. The van der Waals surface area contributed by atoms with E-state index in [2.05, 4.69) is 5.32 Å². The number of rotatable bonds is 6. The molecule has 1 amide bonds. The number of benzene rings is 1. The third-order valence-electron chi connectivity index (χ3n) is 3.66. The lowest BCUT2D eigenvalue weighted by atomic mass is 9.97. The zero-order valence-corrected chi connectivity index (χ0v) is 13.5. The summed E-state index contributed by atoms with van der Waals surface area (Å²) in [5.74, 6) is 0.641. The summed E-state index contributed by atoms with van der Waals surface area (Å²) in [4.78, 5) is 12.9. The smallest absolute Gasteiger partial charge is 0.220 e. The molecule has 4 nitrogen and oxygen atoms in total. The van der Waals surface area contributed by atoms with Crippen LogP contribution in [-0.2, 0) is 9.53 Å². The zero-order chi connectivity index (χ0) is 15.3. The predicted octanol–water partition coefficient (Wildman–Crippen LogP) is 2.48. The van der Waals surface area contributed by atoms with E-state index in [0.717, 1.165) is 4.90 Å². The molecule has 0 bridgehead atoms. The van der Waals surface area contributed by atoms with Gasteiger partial charge < -0.3 is 15.2 Å². The van der Waals surface area contributed by atoms with Crippen molar-refractivity contribution >= 4 is 29.3 Å². The Morgan fingerprint density at radius 1 is 1.52 bits per heavy atom. The number of hydrogen-bond acceptors (Lipinski definition) is 4. The largest absolute Gasteiger partial charge is 0.385 e. The van der Waals surface area contributed by atoms with E-state index in [1.54, 1.807) is 11.8 Å². The molecule has 21 heavy (non-hydrogen) atoms. The van der Waals surface area contributed by atoms with E-state index in [-0.39, 0.29) is 18.6 Å². The number of amides is 1. The molecule has 0 saturated carbocycles. The summed E-state index contributed by atoms with van der Waals surface area (Å²) < 4.78 is 5.33. The molecule has 6 heteroatoms. The molecular formula is C15H20ClNO3S. The van der Waals surface area contributed by atoms with Crippen LogP contribution in [0.15, 0.2) is 29.2 Å². The minimum absolute atomic E-state index is 0.0519. The fraction of sp³-hybridized carbons (Fsp3) is 0.533. The van der Waals surface area contributed by atoms with Gasteiger partial charge in [0.2, 0.25) is 5.91 Å². The molecule has 1 aliphatic rings. The van der Waals surface area contributed by atoms with Gasteiger partial charge in [-0.25, -0.2) is 0 Å². The maximum Gasteiger partial charge on any atom is 0.220 e. The lowest BCUT2D eigenvalue weighted by Gasteiger charge is -2.26. The number of hydrogen-bond donors (Lipinski definition) is 2. The summed E-state index contributed by atoms with van der Waals surface area (Å²) in [6.45, 7) is 2.62. The summed E-state index contributed by atoms with van der Waals surface area (Å²) in [6, 6.07) is 7.54. The molecule has 1 aliphatic heterocycles. The molecule has 2 atom stereocenters. The second-order valence-corrected chi connectivity index (χ2v) is 6.80. The number of ether oxygens (including phenoxy) is 1. The highest BCUT2D eigenvalue weighted by molar-refractivity contribution is 7.99. The van der Waals surface area contributed by atoms with Crippen LogP contribution in [0.4, 0.5) is 0 Å². The third-order valence-corrected chi connectivity index (χ3v) is 4.93. The molecule has 0 aromatic heterocycles. The normalized spacial score (nSPS) is 25.0. The maximum absolute atomic E-state index is 11.8. The third kappa shape index (κ3) is 4.88. The van der Waals surface area contributed by atoms with Crippen molar-refractivity contribution in [3.63, 3.8) is 0 Å². The van der Waals surface area contributed by atoms with Crippen LogP contribution in [0.5, 0.6) is 0 Å². The van der Waals surface area contributed by atoms with Crippen LogP contribution in [0.3, 0.4) is 0 Å². The number of aliphatic hydroxyl groups is 1. The van der Waals surface area contributed by atoms with E-state index < -0.39 is 5.60 Å². The highest BCUT2D eigenvalue weighted by Crippen LogP contribution is 2.25. The van der Waals surface area contributed by atoms with Crippen molar-refractivity contribution in [1.29, 1.82) is 0 Å². The van der Waals surface area contributed by atoms with Crippen LogP contribution in [0.25, 0.3) is 0 Å². The Labute approximate surface area is 134 Å². The fourth-order valence-electron chi connectivity index (χ4n) is 2.14. The van der Waals surface area contributed by atoms with Crippen molar-refractivity contribution in [3.05, 3.63) is 29.3 Å². The van der Waals surface area contributed by atoms with Crippen molar-refractivity contribution in [2.45, 2.75) is 36.4 Å². The maximum atomic E-state index is 11.8. The van der Waals surface area contributed by atoms with Gasteiger partial charge in [-0.05, 0) is 31.2 Å². The number of carbonyl (C=O) groups is 1. The molecule has 116 valence electrons. The van der Waals surface area contributed by atoms with Crippen molar-refractivity contribution in [2.24, 2.45) is 0 Å². The Morgan fingerprint density at radius 3 is 2.86 bits per heavy atom. The SMILES string of the molecule is CC1OCCC1(O)CNC(=O)CCSc1ccc(Cl)cc1. The molecular weight excluding hydrogens is 310 g/mol. The van der Waals surface area contributed by atoms with Gasteiger partial charge in [0.1, 0.15) is 5.60 Å². The van der Waals surface area contributed by atoms with E-state index in [4.69, 9.17) is 16.3 Å². The Hall–Kier alpha value is -0.750. The van der Waals surface area contributed by atoms with Crippen molar-refractivity contribution in [1.82, 2.24) is 5.32 Å². The van der Waals surface area contributed by atoms with Crippen LogP contribution in [0, 0.1) is 0 Å². The summed E-state index contributed by atoms with van der Waals surface area (Å²) >= 11 is 7.43. The summed E-state index contributed by atoms with van der Waals surface area (Å²) in [5.41, 5.74) is -0.932. The predicted molar refractivity (Wildman–Crippen MR) is 84.8 cm³/mol. The minimum atomic E-state index is -0.932. The lowest BCUT2D eigenvalue weighted by molar-refractivity contribution is -0.122. The van der Waals surface area contributed by atoms with Gasteiger partial charge in [-0.3, -0.25) is 4.79 Å². The van der Waals surface area contributed by atoms with Gasteiger partial charge in [0.25, 0.3) is 0 Å². The lowest BCUT2D eigenvalue weighted by Crippen LogP contribution is -2.47. The van der Waals surface area contributed by atoms with Crippen LogP contribution in [0.2, 0.25) is 5.02 Å². The first-order chi connectivity index (χ1) is 9.99. The summed E-state index contributed by atoms with van der Waals surface area (Å²) in [5, 5.41) is 13.8. The summed E-state index contributed by atoms with van der Waals surface area (Å²) in [6.07, 6.45) is 0.744.